The molecule has 0 spiro atoms. The second kappa shape index (κ2) is 10.0. The van der Waals surface area contributed by atoms with Gasteiger partial charge in [0.15, 0.2) is 0 Å². The smallest absolute Gasteiger partial charge is 0.358 e. The Bertz CT molecular complexity index is 312. The van der Waals surface area contributed by atoms with Gasteiger partial charge in [0.1, 0.15) is 0 Å². The molecule has 23 heavy (non-hydrogen) atoms. The molecule has 4 aliphatic rings. The standard InChI is InChI=1S/C20H24.2CH3.Ti/c1-2-7-19-14-15(13-18(19)6-1)9-10-17-12-11-16-5-3-4-8-20(16)17;;;/h11-14H,1-10H2;2*1H3;/q;2*-1;+4. The summed E-state index contributed by atoms with van der Waals surface area (Å²) < 4.78 is 0. The van der Waals surface area contributed by atoms with Gasteiger partial charge in [0.2, 0.25) is 0 Å². The number of hydrogen-bond donors (Lipinski definition) is 0. The predicted octanol–water partition coefficient (Wildman–Crippen LogP) is 6.10. The van der Waals surface area contributed by atoms with E-state index in [9.17, 15) is 0 Å². The maximum atomic E-state index is 2.49. The van der Waals surface area contributed by atoms with E-state index in [-0.39, 0.29) is 36.6 Å². The topological polar surface area (TPSA) is 0 Å². The molecule has 4 aliphatic carbocycles. The summed E-state index contributed by atoms with van der Waals surface area (Å²) in [5.41, 5.74) is 0. The molecule has 0 saturated heterocycles. The second-order valence-electron chi connectivity index (χ2n) is 6.69. The van der Waals surface area contributed by atoms with Crippen LogP contribution in [0, 0.1) is 76.0 Å². The Balaban J connectivity index is 0.000000882. The fourth-order valence-corrected chi connectivity index (χ4v) is 4.21. The van der Waals surface area contributed by atoms with Gasteiger partial charge < -0.3 is 14.9 Å². The molecule has 0 N–H and O–H groups in total. The molecule has 0 atom stereocenters. The van der Waals surface area contributed by atoms with Crippen LogP contribution in [0.15, 0.2) is 0 Å². The zero-order valence-electron chi connectivity index (χ0n) is 14.9. The largest absolute Gasteiger partial charge is 4.00 e. The van der Waals surface area contributed by atoms with Gasteiger partial charge >= 0.3 is 21.7 Å². The first kappa shape index (κ1) is 21.8. The van der Waals surface area contributed by atoms with Crippen LogP contribution in [0.25, 0.3) is 0 Å². The SMILES string of the molecule is [CH3-].[CH3-].[CH]1[C](CC[C]2[CH][CH][C]3CCCC[C]32)[CH][C]2CCCC[C]12.[Ti+4]. The van der Waals surface area contributed by atoms with Crippen molar-refractivity contribution in [2.24, 2.45) is 0 Å². The van der Waals surface area contributed by atoms with Gasteiger partial charge in [0.25, 0.3) is 0 Å². The first-order valence-electron chi connectivity index (χ1n) is 8.44. The molecule has 0 aliphatic heterocycles. The molecule has 4 saturated carbocycles. The minimum atomic E-state index is 0. The van der Waals surface area contributed by atoms with Crippen LogP contribution < -0.4 is 0 Å². The van der Waals surface area contributed by atoms with Crippen LogP contribution in [-0.4, -0.2) is 0 Å². The van der Waals surface area contributed by atoms with Crippen LogP contribution in [0.4, 0.5) is 0 Å². The van der Waals surface area contributed by atoms with Crippen LogP contribution in [0.2, 0.25) is 0 Å². The van der Waals surface area contributed by atoms with Crippen molar-refractivity contribution >= 4 is 0 Å². The van der Waals surface area contributed by atoms with E-state index in [4.69, 9.17) is 0 Å². The third-order valence-electron chi connectivity index (χ3n) is 5.34. The molecule has 10 radical (unpaired) electrons. The Labute approximate surface area is 161 Å². The van der Waals surface area contributed by atoms with Gasteiger partial charge in [0.05, 0.1) is 0 Å². The minimum absolute atomic E-state index is 0. The summed E-state index contributed by atoms with van der Waals surface area (Å²) >= 11 is 0. The van der Waals surface area contributed by atoms with Crippen molar-refractivity contribution in [1.82, 2.24) is 0 Å². The number of fused-ring (bicyclic) bond motifs is 2. The summed E-state index contributed by atoms with van der Waals surface area (Å²) in [6, 6.07) is 0. The number of hydrogen-bond acceptors (Lipinski definition) is 0. The summed E-state index contributed by atoms with van der Waals surface area (Å²) in [6.07, 6.45) is 23.1. The van der Waals surface area contributed by atoms with Crippen molar-refractivity contribution in [1.29, 1.82) is 0 Å². The van der Waals surface area contributed by atoms with Gasteiger partial charge in [-0.05, 0) is 99.7 Å². The van der Waals surface area contributed by atoms with Crippen molar-refractivity contribution in [3.05, 3.63) is 76.0 Å². The monoisotopic (exact) mass is 342 g/mol. The average molecular weight is 342 g/mol. The Morgan fingerprint density at radius 1 is 0.652 bits per heavy atom. The van der Waals surface area contributed by atoms with Crippen LogP contribution in [0.1, 0.15) is 64.2 Å². The van der Waals surface area contributed by atoms with Gasteiger partial charge in [-0.15, -0.1) is 0 Å². The van der Waals surface area contributed by atoms with Crippen LogP contribution >= 0.6 is 0 Å². The molecule has 0 heterocycles. The average Bonchev–Trinajstić information content (AvgIpc) is 3.08. The molecule has 0 unspecified atom stereocenters. The maximum absolute atomic E-state index is 2.49. The van der Waals surface area contributed by atoms with Gasteiger partial charge in [0, 0.05) is 0 Å². The minimum Gasteiger partial charge on any atom is -0.358 e. The third kappa shape index (κ3) is 4.87. The molecule has 1 heteroatoms. The maximum Gasteiger partial charge on any atom is 4.00 e. The van der Waals surface area contributed by atoms with Crippen molar-refractivity contribution in [2.45, 2.75) is 64.2 Å². The number of rotatable bonds is 3. The van der Waals surface area contributed by atoms with Gasteiger partial charge in [-0.1, -0.05) is 25.7 Å². The Morgan fingerprint density at radius 2 is 1.22 bits per heavy atom. The quantitative estimate of drug-likeness (QED) is 0.429. The van der Waals surface area contributed by atoms with E-state index in [1.165, 1.54) is 64.2 Å². The third-order valence-corrected chi connectivity index (χ3v) is 5.34. The molecule has 0 aromatic carbocycles. The molecule has 0 aromatic heterocycles. The normalized spacial score (nSPS) is 27.7. The molecule has 0 aromatic rings. The van der Waals surface area contributed by atoms with E-state index in [1.807, 2.05) is 0 Å². The molecular weight excluding hydrogens is 312 g/mol. The van der Waals surface area contributed by atoms with Crippen molar-refractivity contribution in [3.8, 4) is 0 Å². The van der Waals surface area contributed by atoms with E-state index < -0.39 is 0 Å². The Kier molecular flexibility index (Phi) is 9.47. The van der Waals surface area contributed by atoms with Gasteiger partial charge in [-0.3, -0.25) is 0 Å². The summed E-state index contributed by atoms with van der Waals surface area (Å²) in [5, 5.41) is 0. The molecule has 0 bridgehead atoms. The van der Waals surface area contributed by atoms with E-state index in [1.54, 1.807) is 35.5 Å². The molecule has 120 valence electrons. The first-order chi connectivity index (χ1) is 9.90. The zero-order valence-corrected chi connectivity index (χ0v) is 16.4. The van der Waals surface area contributed by atoms with Crippen molar-refractivity contribution < 1.29 is 21.7 Å². The van der Waals surface area contributed by atoms with E-state index in [2.05, 4.69) is 25.7 Å². The fourth-order valence-electron chi connectivity index (χ4n) is 4.21. The van der Waals surface area contributed by atoms with E-state index >= 15 is 0 Å². The zero-order chi connectivity index (χ0) is 13.4. The molecule has 0 amide bonds. The summed E-state index contributed by atoms with van der Waals surface area (Å²) in [5.74, 6) is 9.87. The summed E-state index contributed by atoms with van der Waals surface area (Å²) in [7, 11) is 0. The van der Waals surface area contributed by atoms with Gasteiger partial charge in [-0.2, -0.15) is 0 Å². The van der Waals surface area contributed by atoms with Crippen molar-refractivity contribution in [3.63, 3.8) is 0 Å². The summed E-state index contributed by atoms with van der Waals surface area (Å²) in [4.78, 5) is 0. The fraction of sp³-hybridized carbons (Fsp3) is 0.455. The molecular formula is C22H30Ti+2. The Hall–Kier alpha value is 0.714. The van der Waals surface area contributed by atoms with E-state index in [0.717, 1.165) is 0 Å². The molecule has 4 rings (SSSR count). The Morgan fingerprint density at radius 3 is 1.87 bits per heavy atom. The van der Waals surface area contributed by atoms with Crippen molar-refractivity contribution in [2.75, 3.05) is 0 Å². The molecule has 0 nitrogen and oxygen atoms in total. The predicted molar refractivity (Wildman–Crippen MR) is 95.7 cm³/mol. The van der Waals surface area contributed by atoms with Crippen LogP contribution in [0.5, 0.6) is 0 Å². The summed E-state index contributed by atoms with van der Waals surface area (Å²) in [6.45, 7) is 0. The van der Waals surface area contributed by atoms with Gasteiger partial charge in [-0.25, -0.2) is 0 Å². The van der Waals surface area contributed by atoms with Crippen LogP contribution in [0.3, 0.4) is 0 Å². The first-order valence-corrected chi connectivity index (χ1v) is 8.44. The second-order valence-corrected chi connectivity index (χ2v) is 6.69. The molecule has 4 fully saturated rings. The van der Waals surface area contributed by atoms with E-state index in [0.29, 0.717) is 0 Å². The van der Waals surface area contributed by atoms with Crippen LogP contribution in [-0.2, 0) is 21.7 Å².